The second kappa shape index (κ2) is 6.54. The molecule has 0 atom stereocenters. The fourth-order valence-electron chi connectivity index (χ4n) is 3.39. The molecule has 8 heteroatoms. The number of aromatic nitrogens is 1. The molecule has 1 aromatic carbocycles. The second-order valence-corrected chi connectivity index (χ2v) is 6.10. The highest BCUT2D eigenvalue weighted by Crippen LogP contribution is 2.35. The Morgan fingerprint density at radius 1 is 1.36 bits per heavy atom. The van der Waals surface area contributed by atoms with E-state index in [2.05, 4.69) is 0 Å². The number of amides is 1. The second-order valence-electron chi connectivity index (χ2n) is 6.10. The maximum absolute atomic E-state index is 12.9. The summed E-state index contributed by atoms with van der Waals surface area (Å²) in [5.74, 6) is -0.792. The zero-order valence-electron chi connectivity index (χ0n) is 14.2. The Morgan fingerprint density at radius 2 is 2.12 bits per heavy atom. The summed E-state index contributed by atoms with van der Waals surface area (Å²) in [4.78, 5) is 37.4. The van der Waals surface area contributed by atoms with E-state index in [-0.39, 0.29) is 18.1 Å². The van der Waals surface area contributed by atoms with Crippen LogP contribution in [-0.2, 0) is 22.5 Å². The lowest BCUT2D eigenvalue weighted by Crippen LogP contribution is -2.32. The molecule has 0 bridgehead atoms. The Balaban J connectivity index is 2.37. The van der Waals surface area contributed by atoms with Crippen molar-refractivity contribution in [2.45, 2.75) is 25.8 Å². The van der Waals surface area contributed by atoms with Crippen LogP contribution in [-0.4, -0.2) is 47.0 Å². The molecule has 1 aliphatic heterocycles. The minimum atomic E-state index is -0.560. The number of hydrogen-bond acceptors (Lipinski definition) is 5. The van der Waals surface area contributed by atoms with Crippen molar-refractivity contribution >= 4 is 28.5 Å². The summed E-state index contributed by atoms with van der Waals surface area (Å²) in [6, 6.07) is 4.76. The van der Waals surface area contributed by atoms with Gasteiger partial charge in [-0.1, -0.05) is 12.1 Å². The molecule has 2 aromatic rings. The zero-order valence-corrected chi connectivity index (χ0v) is 14.2. The number of non-ortho nitro benzene ring substituents is 1. The van der Waals surface area contributed by atoms with E-state index in [9.17, 15) is 19.7 Å². The van der Waals surface area contributed by atoms with Gasteiger partial charge >= 0.3 is 5.97 Å². The molecule has 132 valence electrons. The largest absolute Gasteiger partial charge is 0.468 e. The molecule has 0 saturated heterocycles. The average molecular weight is 345 g/mol. The fraction of sp³-hybridized carbons (Fsp3) is 0.412. The van der Waals surface area contributed by atoms with Crippen LogP contribution in [0.3, 0.4) is 0 Å². The Labute approximate surface area is 144 Å². The molecule has 1 amide bonds. The molecule has 0 unspecified atom stereocenters. The summed E-state index contributed by atoms with van der Waals surface area (Å²) in [7, 11) is 2.95. The predicted octanol–water partition coefficient (Wildman–Crippen LogP) is 2.13. The molecule has 2 heterocycles. The van der Waals surface area contributed by atoms with Gasteiger partial charge in [0.2, 0.25) is 0 Å². The number of carbonyl (C=O) groups excluding carboxylic acids is 2. The van der Waals surface area contributed by atoms with E-state index in [1.54, 1.807) is 24.1 Å². The van der Waals surface area contributed by atoms with Crippen molar-refractivity contribution in [1.29, 1.82) is 0 Å². The summed E-state index contributed by atoms with van der Waals surface area (Å²) in [5, 5.41) is 12.1. The first-order chi connectivity index (χ1) is 12.0. The number of methoxy groups -OCH3 is 1. The van der Waals surface area contributed by atoms with Crippen molar-refractivity contribution < 1.29 is 19.2 Å². The third-order valence-electron chi connectivity index (χ3n) is 4.60. The van der Waals surface area contributed by atoms with Crippen molar-refractivity contribution in [3.05, 3.63) is 39.6 Å². The Morgan fingerprint density at radius 3 is 2.80 bits per heavy atom. The number of ether oxygens (including phenoxy) is 1. The number of nitro benzene ring substituents is 1. The van der Waals surface area contributed by atoms with Crippen molar-refractivity contribution in [2.24, 2.45) is 0 Å². The van der Waals surface area contributed by atoms with Crippen molar-refractivity contribution in [3.63, 3.8) is 0 Å². The summed E-state index contributed by atoms with van der Waals surface area (Å²) >= 11 is 0. The summed E-state index contributed by atoms with van der Waals surface area (Å²) < 4.78 is 6.17. The molecule has 8 nitrogen and oxygen atoms in total. The van der Waals surface area contributed by atoms with Gasteiger partial charge in [0.15, 0.2) is 0 Å². The van der Waals surface area contributed by atoms with Gasteiger partial charge in [-0.25, -0.2) is 0 Å². The summed E-state index contributed by atoms with van der Waals surface area (Å²) in [5.41, 5.74) is 1.28. The molecule has 0 saturated carbocycles. The van der Waals surface area contributed by atoms with Crippen LogP contribution in [0.25, 0.3) is 10.9 Å². The topological polar surface area (TPSA) is 94.7 Å². The van der Waals surface area contributed by atoms with Gasteiger partial charge in [0.05, 0.1) is 12.0 Å². The van der Waals surface area contributed by atoms with E-state index in [4.69, 9.17) is 4.74 Å². The lowest BCUT2D eigenvalue weighted by Gasteiger charge is -2.22. The third kappa shape index (κ3) is 2.84. The van der Waals surface area contributed by atoms with Gasteiger partial charge in [-0.05, 0) is 24.8 Å². The van der Waals surface area contributed by atoms with E-state index >= 15 is 0 Å². The minimum Gasteiger partial charge on any atom is -0.468 e. The number of rotatable bonds is 3. The molecule has 0 fully saturated rings. The molecule has 3 rings (SSSR count). The number of hydrogen-bond donors (Lipinski definition) is 0. The molecule has 1 aromatic heterocycles. The van der Waals surface area contributed by atoms with Crippen molar-refractivity contribution in [1.82, 2.24) is 9.47 Å². The van der Waals surface area contributed by atoms with E-state index < -0.39 is 10.9 Å². The lowest BCUT2D eigenvalue weighted by molar-refractivity contribution is -0.383. The monoisotopic (exact) mass is 345 g/mol. The van der Waals surface area contributed by atoms with Gasteiger partial charge in [0.1, 0.15) is 17.8 Å². The number of fused-ring (bicyclic) bond motifs is 3. The first-order valence-electron chi connectivity index (χ1n) is 8.06. The molecule has 25 heavy (non-hydrogen) atoms. The SMILES string of the molecule is COC(=O)Cn1c2c(c3cccc([N+](=O)[O-])c31)CCCCN(C)C2=O. The molecule has 1 aliphatic rings. The third-order valence-corrected chi connectivity index (χ3v) is 4.60. The molecule has 0 aliphatic carbocycles. The average Bonchev–Trinajstić information content (AvgIpc) is 2.89. The zero-order chi connectivity index (χ0) is 18.1. The first-order valence-corrected chi connectivity index (χ1v) is 8.06. The van der Waals surface area contributed by atoms with Crippen LogP contribution < -0.4 is 0 Å². The smallest absolute Gasteiger partial charge is 0.325 e. The Bertz CT molecular complexity index is 871. The van der Waals surface area contributed by atoms with Crippen LogP contribution in [0.4, 0.5) is 5.69 Å². The van der Waals surface area contributed by atoms with Crippen LogP contribution in [0.5, 0.6) is 0 Å². The Hall–Kier alpha value is -2.90. The molecule has 0 spiro atoms. The number of aryl methyl sites for hydroxylation is 1. The number of benzene rings is 1. The maximum Gasteiger partial charge on any atom is 0.325 e. The molecular formula is C17H19N3O5. The molecule has 0 radical (unpaired) electrons. The molecular weight excluding hydrogens is 326 g/mol. The predicted molar refractivity (Wildman–Crippen MR) is 90.5 cm³/mol. The standard InChI is InChI=1S/C17H19N3O5/c1-18-9-4-3-6-12-11-7-5-8-13(20(23)24)15(11)19(10-14(21)25-2)16(12)17(18)22/h5,7-8H,3-4,6,9-10H2,1-2H3. The van der Waals surface area contributed by atoms with E-state index in [1.807, 2.05) is 0 Å². The fourth-order valence-corrected chi connectivity index (χ4v) is 3.39. The highest BCUT2D eigenvalue weighted by molar-refractivity contribution is 6.04. The van der Waals surface area contributed by atoms with Gasteiger partial charge in [0.25, 0.3) is 11.6 Å². The summed E-state index contributed by atoms with van der Waals surface area (Å²) in [6.45, 7) is 0.368. The number of carbonyl (C=O) groups is 2. The van der Waals surface area contributed by atoms with E-state index in [0.29, 0.717) is 29.6 Å². The van der Waals surface area contributed by atoms with Crippen molar-refractivity contribution in [2.75, 3.05) is 20.7 Å². The van der Waals surface area contributed by atoms with Crippen LogP contribution in [0, 0.1) is 10.1 Å². The van der Waals surface area contributed by atoms with E-state index in [0.717, 1.165) is 18.4 Å². The highest BCUT2D eigenvalue weighted by Gasteiger charge is 2.30. The van der Waals surface area contributed by atoms with Gasteiger partial charge in [-0.15, -0.1) is 0 Å². The normalized spacial score (nSPS) is 14.8. The van der Waals surface area contributed by atoms with Crippen LogP contribution in [0.15, 0.2) is 18.2 Å². The molecule has 0 N–H and O–H groups in total. The van der Waals surface area contributed by atoms with Gasteiger partial charge in [-0.2, -0.15) is 0 Å². The lowest BCUT2D eigenvalue weighted by atomic mass is 10.0. The first kappa shape index (κ1) is 16.9. The maximum atomic E-state index is 12.9. The van der Waals surface area contributed by atoms with Gasteiger partial charge in [-0.3, -0.25) is 19.7 Å². The number of para-hydroxylation sites is 1. The van der Waals surface area contributed by atoms with Crippen LogP contribution >= 0.6 is 0 Å². The van der Waals surface area contributed by atoms with E-state index in [1.165, 1.54) is 17.7 Å². The Kier molecular flexibility index (Phi) is 4.43. The van der Waals surface area contributed by atoms with Crippen LogP contribution in [0.2, 0.25) is 0 Å². The summed E-state index contributed by atoms with van der Waals surface area (Å²) in [6.07, 6.45) is 2.37. The quantitative estimate of drug-likeness (QED) is 0.482. The number of nitro groups is 1. The number of nitrogens with zero attached hydrogens (tertiary/aromatic N) is 3. The highest BCUT2D eigenvalue weighted by atomic mass is 16.6. The number of esters is 1. The van der Waals surface area contributed by atoms with Gasteiger partial charge < -0.3 is 14.2 Å². The van der Waals surface area contributed by atoms with Gasteiger partial charge in [0, 0.05) is 25.0 Å². The minimum absolute atomic E-state index is 0.122. The van der Waals surface area contributed by atoms with Crippen LogP contribution in [0.1, 0.15) is 28.9 Å². The van der Waals surface area contributed by atoms with Crippen molar-refractivity contribution in [3.8, 4) is 0 Å².